The molecule has 188 valence electrons. The van der Waals surface area contributed by atoms with Crippen LogP contribution in [0.5, 0.6) is 0 Å². The summed E-state index contributed by atoms with van der Waals surface area (Å²) in [6, 6.07) is 11.7. The Labute approximate surface area is 210 Å². The fourth-order valence-electron chi connectivity index (χ4n) is 3.17. The molecule has 3 rings (SSSR count). The van der Waals surface area contributed by atoms with E-state index in [9.17, 15) is 12.8 Å². The van der Waals surface area contributed by atoms with Crippen LogP contribution in [0.1, 0.15) is 0 Å². The highest BCUT2D eigenvalue weighted by atomic mass is 35.5. The molecule has 3 aromatic rings. The second-order valence-corrected chi connectivity index (χ2v) is 10.7. The van der Waals surface area contributed by atoms with Crippen LogP contribution in [-0.4, -0.2) is 70.8 Å². The van der Waals surface area contributed by atoms with Gasteiger partial charge in [-0.05, 0) is 44.4 Å². The molecular weight excluding hydrogens is 493 g/mol. The summed E-state index contributed by atoms with van der Waals surface area (Å²) in [5.74, 6) is 0.0827. The molecule has 2 N–H and O–H groups in total. The van der Waals surface area contributed by atoms with Crippen LogP contribution in [0.4, 0.5) is 38.9 Å². The monoisotopic (exact) mass is 521 g/mol. The van der Waals surface area contributed by atoms with Crippen molar-refractivity contribution in [3.05, 3.63) is 59.5 Å². The highest BCUT2D eigenvalue weighted by Crippen LogP contribution is 2.32. The maximum absolute atomic E-state index is 14.8. The molecule has 0 amide bonds. The number of nitrogens with zero attached hydrogens (tertiary/aromatic N) is 5. The van der Waals surface area contributed by atoms with Crippen molar-refractivity contribution >= 4 is 56.1 Å². The molecule has 9 nitrogen and oxygen atoms in total. The molecule has 0 aliphatic heterocycles. The Morgan fingerprint density at radius 1 is 1.00 bits per heavy atom. The fraction of sp³-hybridized carbons (Fsp3) is 0.304. The van der Waals surface area contributed by atoms with Gasteiger partial charge in [0.1, 0.15) is 10.8 Å². The van der Waals surface area contributed by atoms with Gasteiger partial charge in [0.15, 0.2) is 5.82 Å². The van der Waals surface area contributed by atoms with Crippen molar-refractivity contribution < 1.29 is 12.8 Å². The van der Waals surface area contributed by atoms with Crippen molar-refractivity contribution in [3.63, 3.8) is 0 Å². The lowest BCUT2D eigenvalue weighted by atomic mass is 10.2. The zero-order valence-corrected chi connectivity index (χ0v) is 21.8. The molecule has 0 spiro atoms. The second-order valence-electron chi connectivity index (χ2n) is 8.28. The van der Waals surface area contributed by atoms with Gasteiger partial charge in [-0.3, -0.25) is 4.31 Å². The van der Waals surface area contributed by atoms with Crippen LogP contribution in [0.15, 0.2) is 48.7 Å². The summed E-state index contributed by atoms with van der Waals surface area (Å²) in [7, 11) is 3.76. The Kier molecular flexibility index (Phi) is 8.36. The van der Waals surface area contributed by atoms with Gasteiger partial charge in [-0.2, -0.15) is 4.98 Å². The van der Waals surface area contributed by atoms with Gasteiger partial charge in [0.05, 0.1) is 29.5 Å². The van der Waals surface area contributed by atoms with E-state index in [1.54, 1.807) is 36.4 Å². The topological polar surface area (TPSA) is 93.7 Å². The smallest absolute Gasteiger partial charge is 0.232 e. The van der Waals surface area contributed by atoms with Crippen molar-refractivity contribution in [1.82, 2.24) is 14.9 Å². The summed E-state index contributed by atoms with van der Waals surface area (Å²) >= 11 is 6.29. The van der Waals surface area contributed by atoms with E-state index in [1.165, 1.54) is 19.3 Å². The summed E-state index contributed by atoms with van der Waals surface area (Å²) in [6.07, 6.45) is 2.52. The molecule has 0 atom stereocenters. The van der Waals surface area contributed by atoms with Gasteiger partial charge in [0, 0.05) is 32.9 Å². The SMILES string of the molecule is CN(C)CCN(C)c1ccc(Nc2ncc(Cl)c(Nc3ccccc3N(C)S(C)(=O)=O)n2)cc1F. The minimum absolute atomic E-state index is 0.193. The van der Waals surface area contributed by atoms with Gasteiger partial charge in [0.25, 0.3) is 0 Å². The zero-order chi connectivity index (χ0) is 25.8. The Hall–Kier alpha value is -3.15. The number of aromatic nitrogens is 2. The van der Waals surface area contributed by atoms with Gasteiger partial charge < -0.3 is 20.4 Å². The van der Waals surface area contributed by atoms with E-state index in [2.05, 4.69) is 20.6 Å². The van der Waals surface area contributed by atoms with Crippen molar-refractivity contribution in [2.24, 2.45) is 0 Å². The Morgan fingerprint density at radius 2 is 1.71 bits per heavy atom. The number of likely N-dealkylation sites (N-methyl/N-ethyl adjacent to an activating group) is 2. The van der Waals surface area contributed by atoms with Crippen molar-refractivity contribution in [1.29, 1.82) is 0 Å². The summed E-state index contributed by atoms with van der Waals surface area (Å²) in [5, 5.41) is 6.28. The van der Waals surface area contributed by atoms with E-state index in [1.807, 2.05) is 30.9 Å². The normalized spacial score (nSPS) is 11.4. The van der Waals surface area contributed by atoms with E-state index in [0.29, 0.717) is 29.3 Å². The predicted molar refractivity (Wildman–Crippen MR) is 142 cm³/mol. The first-order valence-corrected chi connectivity index (χ1v) is 12.9. The number of anilines is 6. The maximum atomic E-state index is 14.8. The lowest BCUT2D eigenvalue weighted by Gasteiger charge is -2.22. The number of benzene rings is 2. The molecule has 1 aromatic heterocycles. The molecule has 0 radical (unpaired) electrons. The quantitative estimate of drug-likeness (QED) is 0.411. The van der Waals surface area contributed by atoms with E-state index in [4.69, 9.17) is 11.6 Å². The molecule has 0 saturated heterocycles. The number of rotatable bonds is 10. The number of hydrogen-bond acceptors (Lipinski definition) is 8. The molecule has 0 saturated carbocycles. The van der Waals surface area contributed by atoms with Crippen molar-refractivity contribution in [2.75, 3.05) is 67.4 Å². The Morgan fingerprint density at radius 3 is 2.37 bits per heavy atom. The molecule has 1 heterocycles. The van der Waals surface area contributed by atoms with Crippen molar-refractivity contribution in [2.45, 2.75) is 0 Å². The van der Waals surface area contributed by atoms with Crippen LogP contribution >= 0.6 is 11.6 Å². The van der Waals surface area contributed by atoms with Crippen LogP contribution in [0.3, 0.4) is 0 Å². The third kappa shape index (κ3) is 6.93. The maximum Gasteiger partial charge on any atom is 0.232 e. The van der Waals surface area contributed by atoms with Crippen LogP contribution in [0.2, 0.25) is 5.02 Å². The zero-order valence-electron chi connectivity index (χ0n) is 20.2. The standard InChI is InChI=1S/C23H29ClFN7O2S/c1-30(2)12-13-31(3)20-11-10-16(14-18(20)25)27-23-26-15-17(24)22(29-23)28-19-8-6-7-9-21(19)32(4)35(5,33)34/h6-11,14-15H,12-13H2,1-5H3,(H2,26,27,28,29). The predicted octanol–water partition coefficient (Wildman–Crippen LogP) is 4.15. The third-order valence-electron chi connectivity index (χ3n) is 5.24. The third-order valence-corrected chi connectivity index (χ3v) is 6.70. The van der Waals surface area contributed by atoms with Gasteiger partial charge in [-0.25, -0.2) is 17.8 Å². The second kappa shape index (κ2) is 11.1. The van der Waals surface area contributed by atoms with Gasteiger partial charge in [-0.15, -0.1) is 0 Å². The van der Waals surface area contributed by atoms with E-state index < -0.39 is 10.0 Å². The number of sulfonamides is 1. The Balaban J connectivity index is 1.81. The lowest BCUT2D eigenvalue weighted by Crippen LogP contribution is -2.29. The molecule has 0 aliphatic carbocycles. The molecule has 0 unspecified atom stereocenters. The van der Waals surface area contributed by atoms with Gasteiger partial charge >= 0.3 is 0 Å². The average molecular weight is 522 g/mol. The number of nitrogens with one attached hydrogen (secondary N) is 2. The summed E-state index contributed by atoms with van der Waals surface area (Å²) in [5.41, 5.74) is 1.87. The van der Waals surface area contributed by atoms with E-state index in [0.717, 1.165) is 17.1 Å². The van der Waals surface area contributed by atoms with E-state index >= 15 is 0 Å². The fourth-order valence-corrected chi connectivity index (χ4v) is 3.82. The molecule has 0 fully saturated rings. The largest absolute Gasteiger partial charge is 0.371 e. The number of para-hydroxylation sites is 2. The van der Waals surface area contributed by atoms with Gasteiger partial charge in [-0.1, -0.05) is 23.7 Å². The Bertz CT molecular complexity index is 1290. The number of halogens is 2. The first kappa shape index (κ1) is 26.5. The first-order valence-electron chi connectivity index (χ1n) is 10.7. The van der Waals surface area contributed by atoms with Crippen LogP contribution in [0.25, 0.3) is 0 Å². The molecule has 0 aliphatic rings. The lowest BCUT2D eigenvalue weighted by molar-refractivity contribution is 0.416. The molecular formula is C23H29ClFN7O2S. The molecule has 0 bridgehead atoms. The molecule has 2 aromatic carbocycles. The number of hydrogen-bond donors (Lipinski definition) is 2. The highest BCUT2D eigenvalue weighted by molar-refractivity contribution is 7.92. The van der Waals surface area contributed by atoms with E-state index in [-0.39, 0.29) is 22.6 Å². The average Bonchev–Trinajstić information content (AvgIpc) is 2.79. The first-order chi connectivity index (χ1) is 16.5. The molecule has 12 heteroatoms. The minimum atomic E-state index is -3.48. The van der Waals surface area contributed by atoms with Crippen LogP contribution in [-0.2, 0) is 10.0 Å². The summed E-state index contributed by atoms with van der Waals surface area (Å²) < 4.78 is 40.0. The van der Waals surface area contributed by atoms with Crippen LogP contribution in [0, 0.1) is 5.82 Å². The summed E-state index contributed by atoms with van der Waals surface area (Å²) in [4.78, 5) is 12.4. The minimum Gasteiger partial charge on any atom is -0.371 e. The summed E-state index contributed by atoms with van der Waals surface area (Å²) in [6.45, 7) is 1.48. The van der Waals surface area contributed by atoms with Gasteiger partial charge in [0.2, 0.25) is 16.0 Å². The van der Waals surface area contributed by atoms with Crippen molar-refractivity contribution in [3.8, 4) is 0 Å². The van der Waals surface area contributed by atoms with Crippen LogP contribution < -0.4 is 19.8 Å². The highest BCUT2D eigenvalue weighted by Gasteiger charge is 2.17. The molecule has 35 heavy (non-hydrogen) atoms.